The second kappa shape index (κ2) is 8.97. The number of hydrogen-bond acceptors (Lipinski definition) is 6. The van der Waals surface area contributed by atoms with Gasteiger partial charge in [-0.2, -0.15) is 0 Å². The molecule has 3 rings (SSSR count). The summed E-state index contributed by atoms with van der Waals surface area (Å²) in [6.45, 7) is 5.15. The van der Waals surface area contributed by atoms with Crippen molar-refractivity contribution < 1.29 is 19.2 Å². The van der Waals surface area contributed by atoms with E-state index in [4.69, 9.17) is 9.47 Å². The first-order valence-corrected chi connectivity index (χ1v) is 9.99. The number of nitrogens with zero attached hydrogens (tertiary/aromatic N) is 1. The number of carbonyl (C=O) groups is 1. The van der Waals surface area contributed by atoms with E-state index in [2.05, 4.69) is 5.32 Å². The second-order valence-electron chi connectivity index (χ2n) is 6.73. The van der Waals surface area contributed by atoms with Crippen molar-refractivity contribution in [1.82, 2.24) is 5.32 Å². The average molecular weight is 402 g/mol. The first-order valence-electron chi connectivity index (χ1n) is 9.00. The number of hydrogen-bond donors (Lipinski definition) is 1. The van der Waals surface area contributed by atoms with Crippen LogP contribution in [0.15, 0.2) is 47.4 Å². The normalized spacial score (nSPS) is 13.8. The maximum atomic E-state index is 12.5. The van der Waals surface area contributed by atoms with Crippen LogP contribution in [0.25, 0.3) is 0 Å². The highest BCUT2D eigenvalue weighted by Crippen LogP contribution is 2.34. The standard InChI is InChI=1S/C20H22N2O5S/c1-13(2)20(14-3-8-17-18(11-14)27-10-9-26-17)21-19(23)12-28-16-6-4-15(5-7-16)22(24)25/h3-8,11,13,20H,9-10,12H2,1-2H3,(H,21,23)/t20-/m0/s1. The van der Waals surface area contributed by atoms with Gasteiger partial charge >= 0.3 is 0 Å². The van der Waals surface area contributed by atoms with E-state index in [1.807, 2.05) is 32.0 Å². The molecule has 0 aromatic heterocycles. The molecule has 1 aliphatic rings. The molecule has 148 valence electrons. The molecule has 0 spiro atoms. The molecule has 0 unspecified atom stereocenters. The Labute approximate surface area is 167 Å². The summed E-state index contributed by atoms with van der Waals surface area (Å²) in [5, 5.41) is 13.8. The van der Waals surface area contributed by atoms with E-state index < -0.39 is 4.92 Å². The topological polar surface area (TPSA) is 90.7 Å². The van der Waals surface area contributed by atoms with Crippen molar-refractivity contribution in [2.75, 3.05) is 19.0 Å². The van der Waals surface area contributed by atoms with Crippen LogP contribution in [0.3, 0.4) is 0 Å². The van der Waals surface area contributed by atoms with Crippen LogP contribution >= 0.6 is 11.8 Å². The number of ether oxygens (including phenoxy) is 2. The van der Waals surface area contributed by atoms with E-state index in [9.17, 15) is 14.9 Å². The molecule has 1 N–H and O–H groups in total. The van der Waals surface area contributed by atoms with Crippen LogP contribution in [0.1, 0.15) is 25.5 Å². The van der Waals surface area contributed by atoms with E-state index in [-0.39, 0.29) is 29.3 Å². The summed E-state index contributed by atoms with van der Waals surface area (Å²) in [4.78, 5) is 23.5. The van der Waals surface area contributed by atoms with Gasteiger partial charge in [0.15, 0.2) is 11.5 Å². The Morgan fingerprint density at radius 2 is 1.82 bits per heavy atom. The predicted octanol–water partition coefficient (Wildman–Crippen LogP) is 3.97. The molecule has 0 fully saturated rings. The van der Waals surface area contributed by atoms with Gasteiger partial charge in [0.05, 0.1) is 16.7 Å². The van der Waals surface area contributed by atoms with E-state index in [1.165, 1.54) is 23.9 Å². The monoisotopic (exact) mass is 402 g/mol. The van der Waals surface area contributed by atoms with Gasteiger partial charge in [-0.25, -0.2) is 0 Å². The van der Waals surface area contributed by atoms with Crippen molar-refractivity contribution in [3.8, 4) is 11.5 Å². The Morgan fingerprint density at radius 3 is 2.46 bits per heavy atom. The van der Waals surface area contributed by atoms with Crippen LogP contribution in [-0.2, 0) is 4.79 Å². The van der Waals surface area contributed by atoms with Gasteiger partial charge in [-0.3, -0.25) is 14.9 Å². The third-order valence-electron chi connectivity index (χ3n) is 4.33. The van der Waals surface area contributed by atoms with Crippen molar-refractivity contribution in [1.29, 1.82) is 0 Å². The Bertz CT molecular complexity index is 854. The molecule has 1 atom stereocenters. The number of non-ortho nitro benzene ring substituents is 1. The molecule has 2 aromatic carbocycles. The molecule has 1 heterocycles. The number of amides is 1. The third-order valence-corrected chi connectivity index (χ3v) is 5.34. The summed E-state index contributed by atoms with van der Waals surface area (Å²) >= 11 is 1.34. The van der Waals surface area contributed by atoms with Crippen molar-refractivity contribution in [2.45, 2.75) is 24.8 Å². The third kappa shape index (κ3) is 4.95. The summed E-state index contributed by atoms with van der Waals surface area (Å²) < 4.78 is 11.2. The second-order valence-corrected chi connectivity index (χ2v) is 7.78. The lowest BCUT2D eigenvalue weighted by molar-refractivity contribution is -0.384. The first kappa shape index (κ1) is 20.0. The predicted molar refractivity (Wildman–Crippen MR) is 107 cm³/mol. The minimum absolute atomic E-state index is 0.0345. The number of fused-ring (bicyclic) bond motifs is 1. The number of carbonyl (C=O) groups excluding carboxylic acids is 1. The van der Waals surface area contributed by atoms with Crippen LogP contribution in [-0.4, -0.2) is 29.8 Å². The lowest BCUT2D eigenvalue weighted by atomic mass is 9.95. The fraction of sp³-hybridized carbons (Fsp3) is 0.350. The van der Waals surface area contributed by atoms with E-state index in [0.717, 1.165) is 16.2 Å². The molecule has 8 heteroatoms. The zero-order chi connectivity index (χ0) is 20.1. The number of rotatable bonds is 7. The van der Waals surface area contributed by atoms with Gasteiger partial charge in [0.2, 0.25) is 5.91 Å². The van der Waals surface area contributed by atoms with Gasteiger partial charge in [0.25, 0.3) is 5.69 Å². The van der Waals surface area contributed by atoms with Gasteiger partial charge in [-0.05, 0) is 35.7 Å². The smallest absolute Gasteiger partial charge is 0.269 e. The van der Waals surface area contributed by atoms with Crippen molar-refractivity contribution >= 4 is 23.4 Å². The number of benzene rings is 2. The molecule has 7 nitrogen and oxygen atoms in total. The fourth-order valence-electron chi connectivity index (χ4n) is 2.92. The van der Waals surface area contributed by atoms with Gasteiger partial charge in [0, 0.05) is 17.0 Å². The molecular formula is C20H22N2O5S. The van der Waals surface area contributed by atoms with Crippen LogP contribution in [0, 0.1) is 16.0 Å². The van der Waals surface area contributed by atoms with Crippen LogP contribution in [0.4, 0.5) is 5.69 Å². The Hall–Kier alpha value is -2.74. The number of nitro groups is 1. The molecular weight excluding hydrogens is 380 g/mol. The number of nitro benzene ring substituents is 1. The van der Waals surface area contributed by atoms with Crippen LogP contribution in [0.5, 0.6) is 11.5 Å². The SMILES string of the molecule is CC(C)[C@H](NC(=O)CSc1ccc([N+](=O)[O-])cc1)c1ccc2c(c1)OCCO2. The van der Waals surface area contributed by atoms with Gasteiger partial charge < -0.3 is 14.8 Å². The zero-order valence-electron chi connectivity index (χ0n) is 15.7. The van der Waals surface area contributed by atoms with Gasteiger partial charge in [-0.15, -0.1) is 11.8 Å². The Kier molecular flexibility index (Phi) is 6.41. The zero-order valence-corrected chi connectivity index (χ0v) is 16.5. The molecule has 28 heavy (non-hydrogen) atoms. The maximum absolute atomic E-state index is 12.5. The molecule has 2 aromatic rings. The number of nitrogens with one attached hydrogen (secondary N) is 1. The Balaban J connectivity index is 1.62. The van der Waals surface area contributed by atoms with Crippen LogP contribution < -0.4 is 14.8 Å². The summed E-state index contributed by atoms with van der Waals surface area (Å²) in [6.07, 6.45) is 0. The molecule has 1 aliphatic heterocycles. The summed E-state index contributed by atoms with van der Waals surface area (Å²) in [5.74, 6) is 1.74. The highest BCUT2D eigenvalue weighted by molar-refractivity contribution is 8.00. The fourth-order valence-corrected chi connectivity index (χ4v) is 3.63. The largest absolute Gasteiger partial charge is 0.486 e. The highest BCUT2D eigenvalue weighted by Gasteiger charge is 2.21. The van der Waals surface area contributed by atoms with E-state index >= 15 is 0 Å². The summed E-state index contributed by atoms with van der Waals surface area (Å²) in [5.41, 5.74) is 1.00. The molecule has 1 amide bonds. The van der Waals surface area contributed by atoms with E-state index in [1.54, 1.807) is 12.1 Å². The highest BCUT2D eigenvalue weighted by atomic mass is 32.2. The van der Waals surface area contributed by atoms with Gasteiger partial charge in [-0.1, -0.05) is 19.9 Å². The lowest BCUT2D eigenvalue weighted by Gasteiger charge is -2.25. The lowest BCUT2D eigenvalue weighted by Crippen LogP contribution is -2.33. The van der Waals surface area contributed by atoms with E-state index in [0.29, 0.717) is 19.0 Å². The molecule has 0 aliphatic carbocycles. The van der Waals surface area contributed by atoms with Gasteiger partial charge in [0.1, 0.15) is 13.2 Å². The minimum Gasteiger partial charge on any atom is -0.486 e. The quantitative estimate of drug-likeness (QED) is 0.428. The Morgan fingerprint density at radius 1 is 1.14 bits per heavy atom. The van der Waals surface area contributed by atoms with Crippen LogP contribution in [0.2, 0.25) is 0 Å². The van der Waals surface area contributed by atoms with Crippen molar-refractivity contribution in [2.24, 2.45) is 5.92 Å². The minimum atomic E-state index is -0.443. The molecule has 0 radical (unpaired) electrons. The molecule has 0 saturated heterocycles. The number of thioether (sulfide) groups is 1. The summed E-state index contributed by atoms with van der Waals surface area (Å²) in [6, 6.07) is 11.8. The van der Waals surface area contributed by atoms with Crippen molar-refractivity contribution in [3.63, 3.8) is 0 Å². The summed E-state index contributed by atoms with van der Waals surface area (Å²) in [7, 11) is 0. The first-order chi connectivity index (χ1) is 13.4. The molecule has 0 saturated carbocycles. The molecule has 0 bridgehead atoms. The average Bonchev–Trinajstić information content (AvgIpc) is 2.70. The van der Waals surface area contributed by atoms with Crippen molar-refractivity contribution in [3.05, 3.63) is 58.1 Å². The maximum Gasteiger partial charge on any atom is 0.269 e.